The standard InChI is InChI=1S/C16H21N3O3/c1-11(8-15(20)13-6-4-3-5-7-13)19-16(21)17-9-14-12(2)22-10-18-14/h3-7,10-11,15,20H,8-9H2,1-2H3,(H2,17,19,21). The van der Waals surface area contributed by atoms with E-state index in [0.717, 1.165) is 5.56 Å². The maximum absolute atomic E-state index is 11.8. The van der Waals surface area contributed by atoms with Crippen LogP contribution in [-0.4, -0.2) is 22.2 Å². The smallest absolute Gasteiger partial charge is 0.315 e. The Morgan fingerprint density at radius 1 is 1.36 bits per heavy atom. The van der Waals surface area contributed by atoms with Crippen molar-refractivity contribution >= 4 is 6.03 Å². The van der Waals surface area contributed by atoms with Gasteiger partial charge < -0.3 is 20.2 Å². The largest absolute Gasteiger partial charge is 0.448 e. The van der Waals surface area contributed by atoms with Crippen LogP contribution in [0.15, 0.2) is 41.1 Å². The minimum absolute atomic E-state index is 0.159. The van der Waals surface area contributed by atoms with Crippen LogP contribution in [0.4, 0.5) is 4.79 Å². The fourth-order valence-electron chi connectivity index (χ4n) is 2.14. The van der Waals surface area contributed by atoms with E-state index in [2.05, 4.69) is 15.6 Å². The van der Waals surface area contributed by atoms with Gasteiger partial charge in [-0.1, -0.05) is 30.3 Å². The Hall–Kier alpha value is -2.34. The van der Waals surface area contributed by atoms with E-state index >= 15 is 0 Å². The molecule has 0 saturated heterocycles. The van der Waals surface area contributed by atoms with Crippen molar-refractivity contribution < 1.29 is 14.3 Å². The summed E-state index contributed by atoms with van der Waals surface area (Å²) in [6.07, 6.45) is 1.19. The number of benzene rings is 1. The number of aliphatic hydroxyl groups excluding tert-OH is 1. The van der Waals surface area contributed by atoms with Crippen LogP contribution in [0.5, 0.6) is 0 Å². The van der Waals surface area contributed by atoms with Gasteiger partial charge in [-0.15, -0.1) is 0 Å². The van der Waals surface area contributed by atoms with E-state index in [0.29, 0.717) is 24.4 Å². The summed E-state index contributed by atoms with van der Waals surface area (Å²) < 4.78 is 5.06. The molecule has 6 nitrogen and oxygen atoms in total. The number of rotatable bonds is 6. The molecule has 2 rings (SSSR count). The first-order valence-corrected chi connectivity index (χ1v) is 7.22. The predicted molar refractivity (Wildman–Crippen MR) is 82.1 cm³/mol. The van der Waals surface area contributed by atoms with E-state index in [1.165, 1.54) is 6.39 Å². The highest BCUT2D eigenvalue weighted by Crippen LogP contribution is 2.17. The third kappa shape index (κ3) is 4.60. The fraction of sp³-hybridized carbons (Fsp3) is 0.375. The van der Waals surface area contributed by atoms with Crippen molar-refractivity contribution in [1.82, 2.24) is 15.6 Å². The molecule has 0 saturated carbocycles. The second kappa shape index (κ2) is 7.61. The number of aryl methyl sites for hydroxylation is 1. The summed E-state index contributed by atoms with van der Waals surface area (Å²) in [6.45, 7) is 3.95. The van der Waals surface area contributed by atoms with Crippen LogP contribution in [0.3, 0.4) is 0 Å². The van der Waals surface area contributed by atoms with Crippen LogP contribution in [0.1, 0.15) is 36.5 Å². The van der Waals surface area contributed by atoms with Gasteiger partial charge in [-0.25, -0.2) is 9.78 Å². The molecule has 2 amide bonds. The topological polar surface area (TPSA) is 87.4 Å². The molecule has 0 bridgehead atoms. The normalized spacial score (nSPS) is 13.4. The van der Waals surface area contributed by atoms with Gasteiger partial charge in [0.25, 0.3) is 0 Å². The first-order chi connectivity index (χ1) is 10.6. The Bertz CT molecular complexity index is 598. The van der Waals surface area contributed by atoms with Crippen molar-refractivity contribution in [1.29, 1.82) is 0 Å². The van der Waals surface area contributed by atoms with E-state index in [9.17, 15) is 9.90 Å². The van der Waals surface area contributed by atoms with Crippen molar-refractivity contribution in [2.75, 3.05) is 0 Å². The average molecular weight is 303 g/mol. The van der Waals surface area contributed by atoms with Gasteiger partial charge in [-0.2, -0.15) is 0 Å². The van der Waals surface area contributed by atoms with Gasteiger partial charge >= 0.3 is 6.03 Å². The summed E-state index contributed by atoms with van der Waals surface area (Å²) >= 11 is 0. The van der Waals surface area contributed by atoms with Crippen molar-refractivity contribution in [2.24, 2.45) is 0 Å². The molecule has 0 spiro atoms. The molecule has 1 aromatic heterocycles. The molecule has 1 heterocycles. The number of urea groups is 1. The van der Waals surface area contributed by atoms with E-state index < -0.39 is 6.10 Å². The molecule has 0 radical (unpaired) electrons. The highest BCUT2D eigenvalue weighted by molar-refractivity contribution is 5.74. The lowest BCUT2D eigenvalue weighted by Crippen LogP contribution is -2.41. The van der Waals surface area contributed by atoms with E-state index in [-0.39, 0.29) is 12.1 Å². The van der Waals surface area contributed by atoms with Crippen LogP contribution in [0.2, 0.25) is 0 Å². The van der Waals surface area contributed by atoms with E-state index in [1.54, 1.807) is 6.92 Å². The number of carbonyl (C=O) groups excluding carboxylic acids is 1. The number of aliphatic hydroxyl groups is 1. The molecule has 22 heavy (non-hydrogen) atoms. The molecular weight excluding hydrogens is 282 g/mol. The number of oxazole rings is 1. The van der Waals surface area contributed by atoms with Crippen LogP contribution in [0, 0.1) is 6.92 Å². The molecule has 0 aliphatic heterocycles. The summed E-state index contributed by atoms with van der Waals surface area (Å²) in [7, 11) is 0. The molecular formula is C16H21N3O3. The minimum atomic E-state index is -0.603. The SMILES string of the molecule is Cc1ocnc1CNC(=O)NC(C)CC(O)c1ccccc1. The van der Waals surface area contributed by atoms with E-state index in [1.807, 2.05) is 37.3 Å². The first-order valence-electron chi connectivity index (χ1n) is 7.22. The molecule has 2 unspecified atom stereocenters. The zero-order valence-electron chi connectivity index (χ0n) is 12.7. The minimum Gasteiger partial charge on any atom is -0.448 e. The van der Waals surface area contributed by atoms with Crippen molar-refractivity contribution in [3.63, 3.8) is 0 Å². The third-order valence-corrected chi connectivity index (χ3v) is 3.40. The van der Waals surface area contributed by atoms with Gasteiger partial charge in [0.15, 0.2) is 6.39 Å². The van der Waals surface area contributed by atoms with Crippen LogP contribution in [-0.2, 0) is 6.54 Å². The molecule has 118 valence electrons. The number of hydrogen-bond acceptors (Lipinski definition) is 4. The molecule has 0 aliphatic rings. The van der Waals surface area contributed by atoms with E-state index in [4.69, 9.17) is 4.42 Å². The quantitative estimate of drug-likeness (QED) is 0.764. The first kappa shape index (κ1) is 16.0. The number of nitrogens with one attached hydrogen (secondary N) is 2. The van der Waals surface area contributed by atoms with Gasteiger partial charge in [0.05, 0.1) is 12.6 Å². The maximum Gasteiger partial charge on any atom is 0.315 e. The predicted octanol–water partition coefficient (Wildman–Crippen LogP) is 2.29. The number of hydrogen-bond donors (Lipinski definition) is 3. The molecule has 2 atom stereocenters. The molecule has 0 aliphatic carbocycles. The average Bonchev–Trinajstić information content (AvgIpc) is 2.91. The monoisotopic (exact) mass is 303 g/mol. The zero-order valence-corrected chi connectivity index (χ0v) is 12.7. The van der Waals surface area contributed by atoms with Gasteiger partial charge in [-0.3, -0.25) is 0 Å². The summed E-state index contributed by atoms with van der Waals surface area (Å²) in [5.41, 5.74) is 1.54. The van der Waals surface area contributed by atoms with Crippen molar-refractivity contribution in [2.45, 2.75) is 39.0 Å². The highest BCUT2D eigenvalue weighted by Gasteiger charge is 2.14. The summed E-state index contributed by atoms with van der Waals surface area (Å²) in [5, 5.41) is 15.6. The maximum atomic E-state index is 11.8. The Kier molecular flexibility index (Phi) is 5.55. The fourth-order valence-corrected chi connectivity index (χ4v) is 2.14. The Morgan fingerprint density at radius 2 is 2.09 bits per heavy atom. The van der Waals surface area contributed by atoms with Gasteiger partial charge in [0.1, 0.15) is 11.5 Å². The highest BCUT2D eigenvalue weighted by atomic mass is 16.3. The van der Waals surface area contributed by atoms with Crippen LogP contribution in [0.25, 0.3) is 0 Å². The lowest BCUT2D eigenvalue weighted by Gasteiger charge is -2.18. The van der Waals surface area contributed by atoms with Crippen LogP contribution >= 0.6 is 0 Å². The molecule has 3 N–H and O–H groups in total. The third-order valence-electron chi connectivity index (χ3n) is 3.40. The molecule has 2 aromatic rings. The Balaban J connectivity index is 1.75. The second-order valence-electron chi connectivity index (χ2n) is 5.25. The van der Waals surface area contributed by atoms with Crippen molar-refractivity contribution in [3.8, 4) is 0 Å². The Labute approximate surface area is 129 Å². The molecule has 6 heteroatoms. The second-order valence-corrected chi connectivity index (χ2v) is 5.25. The lowest BCUT2D eigenvalue weighted by atomic mass is 10.0. The zero-order chi connectivity index (χ0) is 15.9. The summed E-state index contributed by atoms with van der Waals surface area (Å²) in [5.74, 6) is 0.688. The van der Waals surface area contributed by atoms with Gasteiger partial charge in [0.2, 0.25) is 0 Å². The molecule has 1 aromatic carbocycles. The summed E-state index contributed by atoms with van der Waals surface area (Å²) in [4.78, 5) is 15.8. The van der Waals surface area contributed by atoms with Gasteiger partial charge in [-0.05, 0) is 25.8 Å². The number of carbonyl (C=O) groups is 1. The summed E-state index contributed by atoms with van der Waals surface area (Å²) in [6, 6.07) is 8.93. The lowest BCUT2D eigenvalue weighted by molar-refractivity contribution is 0.154. The number of aromatic nitrogens is 1. The molecule has 0 fully saturated rings. The number of nitrogens with zero attached hydrogens (tertiary/aromatic N) is 1. The van der Waals surface area contributed by atoms with Crippen molar-refractivity contribution in [3.05, 3.63) is 53.7 Å². The Morgan fingerprint density at radius 3 is 2.73 bits per heavy atom. The number of amides is 2. The van der Waals surface area contributed by atoms with Gasteiger partial charge in [0, 0.05) is 6.04 Å². The van der Waals surface area contributed by atoms with Crippen LogP contribution < -0.4 is 10.6 Å².